The molecule has 0 atom stereocenters. The first kappa shape index (κ1) is 14.7. The van der Waals surface area contributed by atoms with Crippen LogP contribution >= 0.6 is 11.3 Å². The number of pyridine rings is 1. The lowest BCUT2D eigenvalue weighted by atomic mass is 10.3. The van der Waals surface area contributed by atoms with Crippen molar-refractivity contribution in [3.05, 3.63) is 54.6 Å². The maximum atomic E-state index is 12.6. The third-order valence-electron chi connectivity index (χ3n) is 3.31. The van der Waals surface area contributed by atoms with Crippen LogP contribution in [0, 0.1) is 0 Å². The molecule has 0 unspecified atom stereocenters. The van der Waals surface area contributed by atoms with E-state index in [9.17, 15) is 8.42 Å². The molecule has 10 heteroatoms. The second-order valence-corrected chi connectivity index (χ2v) is 7.39. The molecule has 24 heavy (non-hydrogen) atoms. The van der Waals surface area contributed by atoms with Gasteiger partial charge in [0.05, 0.1) is 32.5 Å². The van der Waals surface area contributed by atoms with Gasteiger partial charge < -0.3 is 0 Å². The van der Waals surface area contributed by atoms with Crippen LogP contribution in [0.15, 0.2) is 59.5 Å². The molecule has 0 amide bonds. The summed E-state index contributed by atoms with van der Waals surface area (Å²) in [7, 11) is -3.80. The molecule has 0 aliphatic rings. The van der Waals surface area contributed by atoms with E-state index in [1.165, 1.54) is 28.3 Å². The van der Waals surface area contributed by atoms with Crippen molar-refractivity contribution in [2.75, 3.05) is 4.72 Å². The van der Waals surface area contributed by atoms with Gasteiger partial charge in [0.1, 0.15) is 6.33 Å². The fourth-order valence-corrected chi connectivity index (χ4v) is 3.98. The molecule has 0 aliphatic heterocycles. The standard InChI is InChI=1S/C14H10N6O2S2/c21-24(22,11-3-4-12-13(6-11)23-9-16-12)19-14-18-17-8-20(14)10-2-1-5-15-7-10/h1-9H,(H,18,19). The quantitative estimate of drug-likeness (QED) is 0.599. The molecule has 4 aromatic rings. The molecule has 0 saturated carbocycles. The van der Waals surface area contributed by atoms with Crippen molar-refractivity contribution in [3.63, 3.8) is 0 Å². The van der Waals surface area contributed by atoms with Gasteiger partial charge in [0.25, 0.3) is 10.0 Å². The molecule has 3 aromatic heterocycles. The summed E-state index contributed by atoms with van der Waals surface area (Å²) in [5.74, 6) is 0.0902. The average molecular weight is 358 g/mol. The normalized spacial score (nSPS) is 11.7. The van der Waals surface area contributed by atoms with Crippen LogP contribution in [0.1, 0.15) is 0 Å². The minimum Gasteiger partial charge on any atom is -0.266 e. The van der Waals surface area contributed by atoms with E-state index in [4.69, 9.17) is 0 Å². The highest BCUT2D eigenvalue weighted by atomic mass is 32.2. The van der Waals surface area contributed by atoms with Gasteiger partial charge >= 0.3 is 0 Å². The predicted octanol–water partition coefficient (Wildman–Crippen LogP) is 2.07. The second kappa shape index (κ2) is 5.65. The number of benzene rings is 1. The van der Waals surface area contributed by atoms with Gasteiger partial charge in [-0.05, 0) is 30.3 Å². The molecular weight excluding hydrogens is 348 g/mol. The first-order valence-electron chi connectivity index (χ1n) is 6.80. The van der Waals surface area contributed by atoms with Crippen molar-refractivity contribution in [2.24, 2.45) is 0 Å². The largest absolute Gasteiger partial charge is 0.266 e. The number of sulfonamides is 1. The molecule has 0 bridgehead atoms. The van der Waals surface area contributed by atoms with Crippen molar-refractivity contribution in [2.45, 2.75) is 4.90 Å². The first-order chi connectivity index (χ1) is 11.6. The summed E-state index contributed by atoms with van der Waals surface area (Å²) < 4.78 is 30.0. The summed E-state index contributed by atoms with van der Waals surface area (Å²) >= 11 is 1.38. The second-order valence-electron chi connectivity index (χ2n) is 4.82. The van der Waals surface area contributed by atoms with E-state index < -0.39 is 10.0 Å². The molecule has 120 valence electrons. The minimum atomic E-state index is -3.80. The maximum absolute atomic E-state index is 12.6. The number of anilines is 1. The zero-order valence-corrected chi connectivity index (χ0v) is 13.7. The van der Waals surface area contributed by atoms with Crippen LogP contribution in [0.4, 0.5) is 5.95 Å². The molecule has 4 rings (SSSR count). The third kappa shape index (κ3) is 2.61. The monoisotopic (exact) mass is 358 g/mol. The molecule has 1 aromatic carbocycles. The van der Waals surface area contributed by atoms with Gasteiger partial charge in [-0.3, -0.25) is 9.55 Å². The Morgan fingerprint density at radius 2 is 2.12 bits per heavy atom. The molecule has 0 saturated heterocycles. The van der Waals surface area contributed by atoms with Gasteiger partial charge in [-0.2, -0.15) is 0 Å². The summed E-state index contributed by atoms with van der Waals surface area (Å²) in [5.41, 5.74) is 3.09. The molecule has 8 nitrogen and oxygen atoms in total. The SMILES string of the molecule is O=S(=O)(Nc1nncn1-c1cccnc1)c1ccc2ncsc2c1. The Bertz CT molecular complexity index is 1100. The first-order valence-corrected chi connectivity index (χ1v) is 9.16. The highest BCUT2D eigenvalue weighted by molar-refractivity contribution is 7.92. The lowest BCUT2D eigenvalue weighted by molar-refractivity contribution is 0.601. The number of nitrogens with one attached hydrogen (secondary N) is 1. The van der Waals surface area contributed by atoms with Crippen LogP contribution in [-0.2, 0) is 10.0 Å². The number of rotatable bonds is 4. The van der Waals surface area contributed by atoms with Crippen LogP contribution in [-0.4, -0.2) is 33.2 Å². The lowest BCUT2D eigenvalue weighted by Crippen LogP contribution is -2.16. The minimum absolute atomic E-state index is 0.0902. The molecule has 0 fully saturated rings. The fourth-order valence-electron chi connectivity index (χ4n) is 2.17. The fraction of sp³-hybridized carbons (Fsp3) is 0. The summed E-state index contributed by atoms with van der Waals surface area (Å²) in [6, 6.07) is 8.28. The Kier molecular flexibility index (Phi) is 3.47. The molecule has 0 radical (unpaired) electrons. The highest BCUT2D eigenvalue weighted by Gasteiger charge is 2.19. The average Bonchev–Trinajstić information content (AvgIpc) is 3.23. The molecular formula is C14H10N6O2S2. The van der Waals surface area contributed by atoms with Crippen molar-refractivity contribution < 1.29 is 8.42 Å². The Labute approximate surface area is 140 Å². The van der Waals surface area contributed by atoms with Gasteiger partial charge in [-0.25, -0.2) is 18.1 Å². The molecule has 0 aliphatic carbocycles. The van der Waals surface area contributed by atoms with Gasteiger partial charge in [-0.1, -0.05) is 0 Å². The molecule has 0 spiro atoms. The zero-order valence-electron chi connectivity index (χ0n) is 12.1. The van der Waals surface area contributed by atoms with Crippen LogP contribution in [0.2, 0.25) is 0 Å². The van der Waals surface area contributed by atoms with Gasteiger partial charge in [0, 0.05) is 6.20 Å². The summed E-state index contributed by atoms with van der Waals surface area (Å²) in [6.45, 7) is 0. The summed E-state index contributed by atoms with van der Waals surface area (Å²) in [5, 5.41) is 7.61. The van der Waals surface area contributed by atoms with Crippen LogP contribution < -0.4 is 4.72 Å². The van der Waals surface area contributed by atoms with Crippen molar-refractivity contribution in [1.29, 1.82) is 0 Å². The number of fused-ring (bicyclic) bond motifs is 1. The van der Waals surface area contributed by atoms with Gasteiger partial charge in [0.2, 0.25) is 5.95 Å². The maximum Gasteiger partial charge on any atom is 0.264 e. The van der Waals surface area contributed by atoms with E-state index in [0.717, 1.165) is 10.2 Å². The number of hydrogen-bond acceptors (Lipinski definition) is 7. The highest BCUT2D eigenvalue weighted by Crippen LogP contribution is 2.23. The zero-order chi connectivity index (χ0) is 16.6. The Balaban J connectivity index is 1.71. The van der Waals surface area contributed by atoms with E-state index in [2.05, 4.69) is 24.9 Å². The van der Waals surface area contributed by atoms with E-state index in [1.54, 1.807) is 42.2 Å². The van der Waals surface area contributed by atoms with Crippen molar-refractivity contribution in [1.82, 2.24) is 24.7 Å². The van der Waals surface area contributed by atoms with E-state index in [1.807, 2.05) is 0 Å². The Hall–Kier alpha value is -2.85. The smallest absolute Gasteiger partial charge is 0.264 e. The Morgan fingerprint density at radius 3 is 2.96 bits per heavy atom. The Morgan fingerprint density at radius 1 is 1.21 bits per heavy atom. The number of aromatic nitrogens is 5. The lowest BCUT2D eigenvalue weighted by Gasteiger charge is -2.09. The summed E-state index contributed by atoms with van der Waals surface area (Å²) in [6.07, 6.45) is 4.63. The number of thiazole rings is 1. The van der Waals surface area contributed by atoms with Crippen LogP contribution in [0.3, 0.4) is 0 Å². The summed E-state index contributed by atoms with van der Waals surface area (Å²) in [4.78, 5) is 8.29. The van der Waals surface area contributed by atoms with Gasteiger partial charge in [-0.15, -0.1) is 21.5 Å². The van der Waals surface area contributed by atoms with Crippen LogP contribution in [0.5, 0.6) is 0 Å². The van der Waals surface area contributed by atoms with E-state index in [-0.39, 0.29) is 10.8 Å². The predicted molar refractivity (Wildman–Crippen MR) is 89.6 cm³/mol. The van der Waals surface area contributed by atoms with E-state index in [0.29, 0.717) is 5.69 Å². The van der Waals surface area contributed by atoms with Gasteiger partial charge in [0.15, 0.2) is 0 Å². The van der Waals surface area contributed by atoms with Crippen molar-refractivity contribution in [3.8, 4) is 5.69 Å². The number of hydrogen-bond donors (Lipinski definition) is 1. The van der Waals surface area contributed by atoms with Crippen molar-refractivity contribution >= 4 is 37.5 Å². The van der Waals surface area contributed by atoms with Crippen LogP contribution in [0.25, 0.3) is 15.9 Å². The molecule has 1 N–H and O–H groups in total. The third-order valence-corrected chi connectivity index (χ3v) is 5.43. The topological polar surface area (TPSA) is 103 Å². The number of nitrogens with zero attached hydrogens (tertiary/aromatic N) is 5. The van der Waals surface area contributed by atoms with E-state index >= 15 is 0 Å². The molecule has 3 heterocycles.